The molecule has 4 atom stereocenters. The van der Waals surface area contributed by atoms with E-state index in [-0.39, 0.29) is 36.6 Å². The minimum Gasteiger partial charge on any atom is -0.515 e. The van der Waals surface area contributed by atoms with Crippen LogP contribution in [-0.2, 0) is 27.3 Å². The van der Waals surface area contributed by atoms with E-state index in [1.165, 1.54) is 31.3 Å². The Morgan fingerprint density at radius 3 is 2.51 bits per heavy atom. The van der Waals surface area contributed by atoms with Gasteiger partial charge >= 0.3 is 0 Å². The molecule has 2 amide bonds. The second-order valence-electron chi connectivity index (χ2n) is 12.0. The van der Waals surface area contributed by atoms with Crippen LogP contribution in [-0.4, -0.2) is 69.3 Å². The molecule has 0 aliphatic heterocycles. The number of furan rings is 1. The molecule has 1 aromatic heterocycles. The van der Waals surface area contributed by atoms with E-state index in [2.05, 4.69) is 10.5 Å². The Balaban J connectivity index is 1.55. The maximum atomic E-state index is 13.9. The highest BCUT2D eigenvalue weighted by atomic mass is 16.3. The number of rotatable bonds is 9. The number of hydrogen-bond donors (Lipinski definition) is 5. The average molecular weight is 643 g/mol. The molecule has 47 heavy (non-hydrogen) atoms. The van der Waals surface area contributed by atoms with E-state index in [0.29, 0.717) is 39.8 Å². The summed E-state index contributed by atoms with van der Waals surface area (Å²) in [6.07, 6.45) is 1.98. The molecule has 1 heterocycles. The molecule has 0 radical (unpaired) electrons. The van der Waals surface area contributed by atoms with Crippen LogP contribution < -0.4 is 11.1 Å². The fraction of sp³-hybridized carbons (Fsp3) is 0.294. The van der Waals surface area contributed by atoms with Crippen molar-refractivity contribution in [2.75, 3.05) is 14.1 Å². The fourth-order valence-corrected chi connectivity index (χ4v) is 6.79. The highest BCUT2D eigenvalue weighted by Crippen LogP contribution is 2.49. The highest BCUT2D eigenvalue weighted by molar-refractivity contribution is 6.32. The number of nitrogens with two attached hydrogens (primary N) is 1. The molecule has 0 unspecified atom stereocenters. The van der Waals surface area contributed by atoms with Crippen LogP contribution in [0.2, 0.25) is 0 Å². The Kier molecular flexibility index (Phi) is 8.96. The summed E-state index contributed by atoms with van der Waals surface area (Å²) in [7, 11) is 3.08. The SMILES string of the molecule is Cc1c(O)ccc(-c2cccc(C(=O)NCc3ccco3)c2)c1C[C@H]1C[C@H]2[C@H](N(C)C)C(N=O)=C(C(N)=O)C(=O)[C@@]2(O)C(=O)C1=CO. The summed E-state index contributed by atoms with van der Waals surface area (Å²) in [6.45, 7) is 1.87. The number of carbonyl (C=O) groups is 4. The molecule has 0 spiro atoms. The molecule has 244 valence electrons. The van der Waals surface area contributed by atoms with Crippen molar-refractivity contribution < 1.29 is 38.9 Å². The number of phenolic OH excluding ortho intramolecular Hbond substituents is 1. The second-order valence-corrected chi connectivity index (χ2v) is 12.0. The molecule has 0 bridgehead atoms. The van der Waals surface area contributed by atoms with Crippen molar-refractivity contribution in [3.05, 3.63) is 105 Å². The fourth-order valence-electron chi connectivity index (χ4n) is 6.79. The maximum absolute atomic E-state index is 13.9. The standard InChI is InChI=1S/C34H34N4O9/c1-17-23(22(9-10-26(17)40)18-6-4-7-19(12-18)33(44)36-15-21-8-5-11-47-21)13-20-14-25-29(38(2)3)28(37-46)27(32(35)43)31(42)34(25,45)30(41)24(20)16-39/h4-12,16,20,25,29,39-40,45H,13-15H2,1-3H3,(H2,35,43)(H,36,44)/t20-,25-,29-,34-/m0/s1. The third-order valence-corrected chi connectivity index (χ3v) is 9.11. The summed E-state index contributed by atoms with van der Waals surface area (Å²) in [4.78, 5) is 66.1. The van der Waals surface area contributed by atoms with Gasteiger partial charge in [-0.15, -0.1) is 4.91 Å². The highest BCUT2D eigenvalue weighted by Gasteiger charge is 2.64. The lowest BCUT2D eigenvalue weighted by molar-refractivity contribution is -0.161. The Morgan fingerprint density at radius 1 is 1.15 bits per heavy atom. The number of phenols is 1. The Labute approximate surface area is 269 Å². The third kappa shape index (κ3) is 5.64. The van der Waals surface area contributed by atoms with Gasteiger partial charge in [-0.1, -0.05) is 18.2 Å². The van der Waals surface area contributed by atoms with Gasteiger partial charge in [0, 0.05) is 17.1 Å². The van der Waals surface area contributed by atoms with Crippen LogP contribution in [0.3, 0.4) is 0 Å². The molecular weight excluding hydrogens is 608 g/mol. The number of nitrogens with zero attached hydrogens (tertiary/aromatic N) is 2. The summed E-state index contributed by atoms with van der Waals surface area (Å²) >= 11 is 0. The second kappa shape index (κ2) is 12.8. The van der Waals surface area contributed by atoms with Gasteiger partial charge in [-0.2, -0.15) is 0 Å². The summed E-state index contributed by atoms with van der Waals surface area (Å²) in [5, 5.41) is 38.5. The quantitative estimate of drug-likeness (QED) is 0.0757. The number of Topliss-reactive ketones (excluding diaryl/α,β-unsaturated/α-hetero) is 2. The largest absolute Gasteiger partial charge is 0.515 e. The third-order valence-electron chi connectivity index (χ3n) is 9.11. The normalized spacial score (nSPS) is 23.6. The van der Waals surface area contributed by atoms with Crippen molar-refractivity contribution in [2.45, 2.75) is 38.0 Å². The van der Waals surface area contributed by atoms with Gasteiger partial charge in [-0.05, 0) is 97.5 Å². The topological polar surface area (TPSA) is 213 Å². The van der Waals surface area contributed by atoms with Gasteiger partial charge in [0.2, 0.25) is 11.6 Å². The van der Waals surface area contributed by atoms with Gasteiger partial charge in [0.15, 0.2) is 5.60 Å². The molecule has 6 N–H and O–H groups in total. The molecule has 2 aromatic carbocycles. The van der Waals surface area contributed by atoms with Crippen LogP contribution in [0.1, 0.15) is 33.7 Å². The van der Waals surface area contributed by atoms with E-state index in [1.807, 2.05) is 0 Å². The number of primary amides is 1. The number of amides is 2. The molecule has 1 fully saturated rings. The summed E-state index contributed by atoms with van der Waals surface area (Å²) in [6, 6.07) is 12.3. The van der Waals surface area contributed by atoms with E-state index >= 15 is 0 Å². The first kappa shape index (κ1) is 33.0. The Bertz CT molecular complexity index is 1840. The minimum absolute atomic E-state index is 0.0373. The molecule has 2 aliphatic rings. The number of carbonyl (C=O) groups excluding carboxylic acids is 4. The maximum Gasteiger partial charge on any atom is 0.254 e. The number of nitroso groups, excluding NO2 is 1. The molecule has 1 saturated carbocycles. The predicted octanol–water partition coefficient (Wildman–Crippen LogP) is 2.83. The Hall–Kier alpha value is -5.40. The van der Waals surface area contributed by atoms with Crippen molar-refractivity contribution in [3.63, 3.8) is 0 Å². The monoisotopic (exact) mass is 642 g/mol. The molecular formula is C34H34N4O9. The first-order valence-electron chi connectivity index (χ1n) is 14.8. The average Bonchev–Trinajstić information content (AvgIpc) is 3.57. The first-order chi connectivity index (χ1) is 22.3. The van der Waals surface area contributed by atoms with Gasteiger partial charge in [-0.25, -0.2) is 0 Å². The van der Waals surface area contributed by atoms with Gasteiger partial charge in [-0.3, -0.25) is 19.2 Å². The first-order valence-corrected chi connectivity index (χ1v) is 14.8. The van der Waals surface area contributed by atoms with Crippen molar-refractivity contribution in [2.24, 2.45) is 22.7 Å². The number of ketones is 2. The van der Waals surface area contributed by atoms with E-state index in [4.69, 9.17) is 10.2 Å². The number of benzene rings is 2. The molecule has 2 aliphatic carbocycles. The smallest absolute Gasteiger partial charge is 0.254 e. The number of nitrogens with one attached hydrogen (secondary N) is 1. The molecule has 13 nitrogen and oxygen atoms in total. The number of fused-ring (bicyclic) bond motifs is 1. The van der Waals surface area contributed by atoms with Crippen molar-refractivity contribution in [1.82, 2.24) is 10.2 Å². The molecule has 13 heteroatoms. The Morgan fingerprint density at radius 2 is 1.89 bits per heavy atom. The van der Waals surface area contributed by atoms with Gasteiger partial charge in [0.1, 0.15) is 22.8 Å². The number of aliphatic hydroxyl groups is 2. The number of likely N-dealkylation sites (N-methyl/N-ethyl adjacent to an activating group) is 1. The van der Waals surface area contributed by atoms with E-state index in [1.54, 1.807) is 49.4 Å². The summed E-state index contributed by atoms with van der Waals surface area (Å²) in [5.74, 6) is -5.66. The van der Waals surface area contributed by atoms with Crippen LogP contribution >= 0.6 is 0 Å². The van der Waals surface area contributed by atoms with Crippen molar-refractivity contribution in [1.29, 1.82) is 0 Å². The lowest BCUT2D eigenvalue weighted by atomic mass is 9.58. The van der Waals surface area contributed by atoms with Crippen LogP contribution in [0.15, 0.2) is 87.5 Å². The summed E-state index contributed by atoms with van der Waals surface area (Å²) in [5.41, 5.74) is 3.64. The van der Waals surface area contributed by atoms with Crippen LogP contribution in [0.25, 0.3) is 11.1 Å². The lowest BCUT2D eigenvalue weighted by Crippen LogP contribution is -2.66. The van der Waals surface area contributed by atoms with Gasteiger partial charge < -0.3 is 35.7 Å². The molecule has 3 aromatic rings. The van der Waals surface area contributed by atoms with Crippen LogP contribution in [0.4, 0.5) is 0 Å². The summed E-state index contributed by atoms with van der Waals surface area (Å²) < 4.78 is 5.28. The van der Waals surface area contributed by atoms with E-state index in [0.717, 1.165) is 0 Å². The number of hydrogen-bond acceptors (Lipinski definition) is 11. The van der Waals surface area contributed by atoms with Gasteiger partial charge in [0.05, 0.1) is 25.1 Å². The zero-order chi connectivity index (χ0) is 34.2. The zero-order valence-corrected chi connectivity index (χ0v) is 25.9. The van der Waals surface area contributed by atoms with Crippen molar-refractivity contribution >= 4 is 23.4 Å². The predicted molar refractivity (Wildman–Crippen MR) is 169 cm³/mol. The molecule has 0 saturated heterocycles. The minimum atomic E-state index is -2.80. The van der Waals surface area contributed by atoms with Crippen molar-refractivity contribution in [3.8, 4) is 16.9 Å². The van der Waals surface area contributed by atoms with Crippen LogP contribution in [0, 0.1) is 23.7 Å². The number of aliphatic hydroxyl groups excluding tert-OH is 1. The van der Waals surface area contributed by atoms with E-state index < -0.39 is 52.2 Å². The van der Waals surface area contributed by atoms with Crippen LogP contribution in [0.5, 0.6) is 5.75 Å². The van der Waals surface area contributed by atoms with Gasteiger partial charge in [0.25, 0.3) is 11.8 Å². The van der Waals surface area contributed by atoms with E-state index in [9.17, 15) is 39.4 Å². The lowest BCUT2D eigenvalue weighted by Gasteiger charge is -2.49. The zero-order valence-electron chi connectivity index (χ0n) is 25.9. The molecule has 5 rings (SSSR count). The number of aromatic hydroxyl groups is 1.